The van der Waals surface area contributed by atoms with Crippen molar-refractivity contribution >= 4 is 32.9 Å². The molecule has 4 aromatic rings. The maximum absolute atomic E-state index is 13.2. The van der Waals surface area contributed by atoms with Gasteiger partial charge in [-0.1, -0.05) is 0 Å². The number of aromatic carboxylic acids is 1. The van der Waals surface area contributed by atoms with Gasteiger partial charge in [0.15, 0.2) is 5.65 Å². The molecule has 6 nitrogen and oxygen atoms in total. The van der Waals surface area contributed by atoms with Crippen LogP contribution >= 0.6 is 15.9 Å². The summed E-state index contributed by atoms with van der Waals surface area (Å²) in [7, 11) is 1.56. The van der Waals surface area contributed by atoms with Crippen LogP contribution in [0.4, 0.5) is 4.39 Å². The van der Waals surface area contributed by atoms with Crippen LogP contribution in [0.2, 0.25) is 0 Å². The van der Waals surface area contributed by atoms with Crippen LogP contribution in [0, 0.1) is 5.82 Å². The number of ether oxygens (including phenoxy) is 1. The third-order valence-corrected chi connectivity index (χ3v) is 4.95. The van der Waals surface area contributed by atoms with E-state index in [-0.39, 0.29) is 17.0 Å². The maximum Gasteiger partial charge on any atom is 0.336 e. The second kappa shape index (κ2) is 7.05. The maximum atomic E-state index is 13.2. The van der Waals surface area contributed by atoms with Gasteiger partial charge >= 0.3 is 5.97 Å². The molecule has 0 aliphatic carbocycles. The summed E-state index contributed by atoms with van der Waals surface area (Å²) < 4.78 is 19.2. The molecule has 2 aromatic heterocycles. The molecule has 2 aromatic carbocycles. The molecular formula is C20H13BrFN3O3. The van der Waals surface area contributed by atoms with Gasteiger partial charge < -0.3 is 9.84 Å². The first kappa shape index (κ1) is 18.1. The summed E-state index contributed by atoms with van der Waals surface area (Å²) >= 11 is 3.42. The van der Waals surface area contributed by atoms with Crippen LogP contribution in [-0.2, 0) is 0 Å². The number of H-pyrrole nitrogens is 1. The molecule has 140 valence electrons. The molecule has 8 heteroatoms. The van der Waals surface area contributed by atoms with E-state index in [9.17, 15) is 14.3 Å². The van der Waals surface area contributed by atoms with Gasteiger partial charge in [-0.3, -0.25) is 5.10 Å². The van der Waals surface area contributed by atoms with Crippen molar-refractivity contribution in [2.45, 2.75) is 0 Å². The molecule has 0 aliphatic rings. The van der Waals surface area contributed by atoms with Crippen molar-refractivity contribution < 1.29 is 19.0 Å². The highest BCUT2D eigenvalue weighted by Gasteiger charge is 2.20. The highest BCUT2D eigenvalue weighted by atomic mass is 79.9. The quantitative estimate of drug-likeness (QED) is 0.470. The van der Waals surface area contributed by atoms with Crippen molar-refractivity contribution in [3.63, 3.8) is 0 Å². The number of carbonyl (C=O) groups is 1. The van der Waals surface area contributed by atoms with Crippen LogP contribution < -0.4 is 4.74 Å². The van der Waals surface area contributed by atoms with Gasteiger partial charge in [-0.05, 0) is 64.5 Å². The minimum absolute atomic E-state index is 0.0556. The van der Waals surface area contributed by atoms with E-state index in [0.717, 1.165) is 4.47 Å². The van der Waals surface area contributed by atoms with Gasteiger partial charge in [0.05, 0.1) is 33.9 Å². The van der Waals surface area contributed by atoms with Gasteiger partial charge in [-0.15, -0.1) is 0 Å². The Morgan fingerprint density at radius 2 is 1.86 bits per heavy atom. The first-order valence-electron chi connectivity index (χ1n) is 8.20. The van der Waals surface area contributed by atoms with Gasteiger partial charge in [-0.25, -0.2) is 14.2 Å². The van der Waals surface area contributed by atoms with Gasteiger partial charge in [0.25, 0.3) is 0 Å². The van der Waals surface area contributed by atoms with E-state index in [0.29, 0.717) is 33.7 Å². The van der Waals surface area contributed by atoms with E-state index >= 15 is 0 Å². The van der Waals surface area contributed by atoms with Crippen LogP contribution in [-0.4, -0.2) is 33.4 Å². The zero-order chi connectivity index (χ0) is 19.8. The van der Waals surface area contributed by atoms with E-state index in [1.54, 1.807) is 37.4 Å². The number of carboxylic acids is 1. The standard InChI is InChI=1S/C20H13BrFN3O3/c1-28-16-7-4-11(8-14(16)21)15-9-13(20(26)27)17-18(24-25-19(17)23-15)10-2-5-12(22)6-3-10/h2-9H,1H3,(H,26,27)(H,23,24,25). The van der Waals surface area contributed by atoms with Gasteiger partial charge in [0, 0.05) is 11.1 Å². The second-order valence-electron chi connectivity index (χ2n) is 6.01. The summed E-state index contributed by atoms with van der Waals surface area (Å²) in [5, 5.41) is 17.1. The molecule has 0 spiro atoms. The summed E-state index contributed by atoms with van der Waals surface area (Å²) in [6, 6.07) is 12.6. The summed E-state index contributed by atoms with van der Waals surface area (Å²) in [5.74, 6) is -0.829. The number of carboxylic acid groups (broad SMARTS) is 1. The normalized spacial score (nSPS) is 11.0. The van der Waals surface area contributed by atoms with E-state index < -0.39 is 5.97 Å². The Kier molecular flexibility index (Phi) is 4.56. The highest BCUT2D eigenvalue weighted by molar-refractivity contribution is 9.10. The van der Waals surface area contributed by atoms with Crippen molar-refractivity contribution in [3.05, 3.63) is 64.4 Å². The Bertz CT molecular complexity index is 1210. The number of aromatic nitrogens is 3. The predicted molar refractivity (Wildman–Crippen MR) is 106 cm³/mol. The number of pyridine rings is 1. The lowest BCUT2D eigenvalue weighted by Gasteiger charge is -2.08. The number of aromatic amines is 1. The SMILES string of the molecule is COc1ccc(-c2cc(C(=O)O)c3c(-c4ccc(F)cc4)[nH]nc3n2)cc1Br. The molecule has 0 unspecified atom stereocenters. The first-order chi connectivity index (χ1) is 13.5. The van der Waals surface area contributed by atoms with Crippen molar-refractivity contribution in [1.82, 2.24) is 15.2 Å². The van der Waals surface area contributed by atoms with Crippen LogP contribution in [0.5, 0.6) is 5.75 Å². The van der Waals surface area contributed by atoms with E-state index in [2.05, 4.69) is 31.1 Å². The fraction of sp³-hybridized carbons (Fsp3) is 0.0500. The molecule has 2 N–H and O–H groups in total. The topological polar surface area (TPSA) is 88.1 Å². The fourth-order valence-corrected chi connectivity index (χ4v) is 3.53. The highest BCUT2D eigenvalue weighted by Crippen LogP contribution is 2.34. The van der Waals surface area contributed by atoms with Crippen molar-refractivity contribution in [2.24, 2.45) is 0 Å². The molecule has 0 aliphatic heterocycles. The summed E-state index contributed by atoms with van der Waals surface area (Å²) in [5.41, 5.74) is 2.59. The average molecular weight is 442 g/mol. The Labute approximate surface area is 167 Å². The Balaban J connectivity index is 1.92. The van der Waals surface area contributed by atoms with Gasteiger partial charge in [0.2, 0.25) is 0 Å². The number of benzene rings is 2. The number of halogens is 2. The third-order valence-electron chi connectivity index (χ3n) is 4.33. The van der Waals surface area contributed by atoms with Gasteiger partial charge in [0.1, 0.15) is 11.6 Å². The largest absolute Gasteiger partial charge is 0.496 e. The number of rotatable bonds is 4. The summed E-state index contributed by atoms with van der Waals surface area (Å²) in [4.78, 5) is 16.5. The number of methoxy groups -OCH3 is 1. The van der Waals surface area contributed by atoms with E-state index in [4.69, 9.17) is 4.74 Å². The smallest absolute Gasteiger partial charge is 0.336 e. The van der Waals surface area contributed by atoms with Crippen LogP contribution in [0.15, 0.2) is 53.0 Å². The minimum Gasteiger partial charge on any atom is -0.496 e. The first-order valence-corrected chi connectivity index (χ1v) is 8.99. The fourth-order valence-electron chi connectivity index (χ4n) is 2.99. The number of nitrogens with one attached hydrogen (secondary N) is 1. The molecule has 28 heavy (non-hydrogen) atoms. The summed E-state index contributed by atoms with van der Waals surface area (Å²) in [6.45, 7) is 0. The zero-order valence-electron chi connectivity index (χ0n) is 14.5. The molecule has 0 atom stereocenters. The Morgan fingerprint density at radius 1 is 1.14 bits per heavy atom. The molecule has 0 fully saturated rings. The van der Waals surface area contributed by atoms with Crippen LogP contribution in [0.1, 0.15) is 10.4 Å². The molecule has 0 radical (unpaired) electrons. The van der Waals surface area contributed by atoms with Crippen molar-refractivity contribution in [1.29, 1.82) is 0 Å². The number of hydrogen-bond donors (Lipinski definition) is 2. The molecule has 0 bridgehead atoms. The van der Waals surface area contributed by atoms with Crippen LogP contribution in [0.3, 0.4) is 0 Å². The van der Waals surface area contributed by atoms with E-state index in [1.165, 1.54) is 18.2 Å². The molecule has 0 saturated carbocycles. The average Bonchev–Trinajstić information content (AvgIpc) is 3.11. The number of nitrogens with zero attached hydrogens (tertiary/aromatic N) is 2. The van der Waals surface area contributed by atoms with Crippen LogP contribution in [0.25, 0.3) is 33.5 Å². The minimum atomic E-state index is -1.11. The monoisotopic (exact) mass is 441 g/mol. The van der Waals surface area contributed by atoms with Crippen molar-refractivity contribution in [3.8, 4) is 28.3 Å². The van der Waals surface area contributed by atoms with E-state index in [1.807, 2.05) is 0 Å². The third kappa shape index (κ3) is 3.11. The number of fused-ring (bicyclic) bond motifs is 1. The lowest BCUT2D eigenvalue weighted by atomic mass is 10.0. The predicted octanol–water partition coefficient (Wildman–Crippen LogP) is 4.90. The zero-order valence-corrected chi connectivity index (χ0v) is 16.1. The molecular weight excluding hydrogens is 429 g/mol. The molecule has 0 saturated heterocycles. The molecule has 0 amide bonds. The lowest BCUT2D eigenvalue weighted by Crippen LogP contribution is -2.00. The number of hydrogen-bond acceptors (Lipinski definition) is 4. The summed E-state index contributed by atoms with van der Waals surface area (Å²) in [6.07, 6.45) is 0. The second-order valence-corrected chi connectivity index (χ2v) is 6.87. The molecule has 4 rings (SSSR count). The lowest BCUT2D eigenvalue weighted by molar-refractivity contribution is 0.0699. The molecule has 2 heterocycles. The Morgan fingerprint density at radius 3 is 2.50 bits per heavy atom. The Hall–Kier alpha value is -3.26. The van der Waals surface area contributed by atoms with Crippen molar-refractivity contribution in [2.75, 3.05) is 7.11 Å². The van der Waals surface area contributed by atoms with Gasteiger partial charge in [-0.2, -0.15) is 5.10 Å².